The highest BCUT2D eigenvalue weighted by Crippen LogP contribution is 2.14. The van der Waals surface area contributed by atoms with Crippen LogP contribution in [0.1, 0.15) is 22.6 Å². The van der Waals surface area contributed by atoms with Crippen molar-refractivity contribution in [3.05, 3.63) is 76.7 Å². The first-order valence-corrected chi connectivity index (χ1v) is 8.71. The van der Waals surface area contributed by atoms with E-state index >= 15 is 0 Å². The smallest absolute Gasteiger partial charge is 0.255 e. The van der Waals surface area contributed by atoms with Gasteiger partial charge in [0.15, 0.2) is 0 Å². The first kappa shape index (κ1) is 18.4. The van der Waals surface area contributed by atoms with Crippen molar-refractivity contribution < 1.29 is 9.53 Å². The molecule has 0 unspecified atom stereocenters. The number of rotatable bonds is 7. The summed E-state index contributed by atoms with van der Waals surface area (Å²) in [5.74, 6) is 1.45. The van der Waals surface area contributed by atoms with Gasteiger partial charge in [0, 0.05) is 43.4 Å². The van der Waals surface area contributed by atoms with Gasteiger partial charge in [-0.1, -0.05) is 0 Å². The Hall–Kier alpha value is -3.35. The minimum atomic E-state index is -0.209. The van der Waals surface area contributed by atoms with Crippen LogP contribution in [0.25, 0.3) is 5.69 Å². The number of imidazole rings is 1. The highest BCUT2D eigenvalue weighted by Gasteiger charge is 2.09. The third kappa shape index (κ3) is 4.44. The zero-order valence-electron chi connectivity index (χ0n) is 15.4. The van der Waals surface area contributed by atoms with E-state index in [0.29, 0.717) is 23.5 Å². The van der Waals surface area contributed by atoms with Crippen LogP contribution in [0.2, 0.25) is 0 Å². The number of carbonyl (C=O) groups excluding carboxylic acids is 1. The van der Waals surface area contributed by atoms with Crippen molar-refractivity contribution in [3.63, 3.8) is 0 Å². The number of pyridine rings is 1. The quantitative estimate of drug-likeness (QED) is 0.650. The summed E-state index contributed by atoms with van der Waals surface area (Å²) in [6.45, 7) is 3.27. The number of aromatic nitrogens is 3. The molecule has 0 bridgehead atoms. The number of methoxy groups -OCH3 is 1. The van der Waals surface area contributed by atoms with Gasteiger partial charge in [0.25, 0.3) is 11.5 Å². The van der Waals surface area contributed by atoms with Crippen molar-refractivity contribution in [2.45, 2.75) is 19.9 Å². The van der Waals surface area contributed by atoms with Crippen molar-refractivity contribution >= 4 is 5.91 Å². The summed E-state index contributed by atoms with van der Waals surface area (Å²) in [4.78, 5) is 28.7. The van der Waals surface area contributed by atoms with E-state index in [2.05, 4.69) is 10.3 Å². The molecule has 0 saturated carbocycles. The van der Waals surface area contributed by atoms with Crippen LogP contribution in [0.4, 0.5) is 0 Å². The fourth-order valence-electron chi connectivity index (χ4n) is 2.76. The lowest BCUT2D eigenvalue weighted by Crippen LogP contribution is -2.27. The Kier molecular flexibility index (Phi) is 5.71. The van der Waals surface area contributed by atoms with Crippen LogP contribution in [0.3, 0.4) is 0 Å². The monoisotopic (exact) mass is 366 g/mol. The number of amides is 1. The summed E-state index contributed by atoms with van der Waals surface area (Å²) in [5.41, 5.74) is 0.905. The maximum absolute atomic E-state index is 12.4. The van der Waals surface area contributed by atoms with Crippen LogP contribution in [-0.4, -0.2) is 33.7 Å². The zero-order valence-corrected chi connectivity index (χ0v) is 15.4. The Morgan fingerprint density at radius 1 is 1.19 bits per heavy atom. The second-order valence-electron chi connectivity index (χ2n) is 6.10. The van der Waals surface area contributed by atoms with Crippen LogP contribution in [0, 0.1) is 6.92 Å². The SMILES string of the molecule is COc1ccc(-n2cc(C(=O)NCCCn3ccnc3C)ccc2=O)cc1. The van der Waals surface area contributed by atoms with Gasteiger partial charge in [0.2, 0.25) is 0 Å². The Bertz CT molecular complexity index is 973. The summed E-state index contributed by atoms with van der Waals surface area (Å²) in [6, 6.07) is 10.0. The lowest BCUT2D eigenvalue weighted by molar-refractivity contribution is 0.0952. The lowest BCUT2D eigenvalue weighted by Gasteiger charge is -2.10. The molecule has 0 spiro atoms. The molecule has 3 rings (SSSR count). The molecule has 27 heavy (non-hydrogen) atoms. The number of ether oxygens (including phenoxy) is 1. The molecule has 0 atom stereocenters. The van der Waals surface area contributed by atoms with E-state index in [1.165, 1.54) is 16.7 Å². The molecule has 1 amide bonds. The zero-order chi connectivity index (χ0) is 19.2. The first-order chi connectivity index (χ1) is 13.1. The van der Waals surface area contributed by atoms with Crippen LogP contribution >= 0.6 is 0 Å². The van der Waals surface area contributed by atoms with Gasteiger partial charge in [0.05, 0.1) is 12.7 Å². The molecule has 0 fully saturated rings. The fourth-order valence-corrected chi connectivity index (χ4v) is 2.76. The van der Waals surface area contributed by atoms with Gasteiger partial charge >= 0.3 is 0 Å². The van der Waals surface area contributed by atoms with Crippen LogP contribution in [-0.2, 0) is 6.54 Å². The van der Waals surface area contributed by atoms with Crippen molar-refractivity contribution in [1.29, 1.82) is 0 Å². The molecule has 0 saturated heterocycles. The molecule has 0 aliphatic carbocycles. The van der Waals surface area contributed by atoms with Crippen molar-refractivity contribution in [2.75, 3.05) is 13.7 Å². The molecule has 7 nitrogen and oxygen atoms in total. The van der Waals surface area contributed by atoms with Gasteiger partial charge in [-0.3, -0.25) is 14.2 Å². The van der Waals surface area contributed by atoms with Crippen molar-refractivity contribution in [2.24, 2.45) is 0 Å². The molecule has 0 aliphatic heterocycles. The number of carbonyl (C=O) groups is 1. The summed E-state index contributed by atoms with van der Waals surface area (Å²) < 4.78 is 8.61. The molecular weight excluding hydrogens is 344 g/mol. The van der Waals surface area contributed by atoms with Crippen LogP contribution < -0.4 is 15.6 Å². The first-order valence-electron chi connectivity index (χ1n) is 8.71. The van der Waals surface area contributed by atoms with E-state index in [9.17, 15) is 9.59 Å². The normalized spacial score (nSPS) is 10.6. The van der Waals surface area contributed by atoms with Gasteiger partial charge in [-0.25, -0.2) is 4.98 Å². The standard InChI is InChI=1S/C20H22N4O3/c1-15-21-11-13-23(15)12-3-10-22-20(26)16-4-9-19(25)24(14-16)17-5-7-18(27-2)8-6-17/h4-9,11,13-14H,3,10,12H2,1-2H3,(H,22,26). The Balaban J connectivity index is 1.64. The second kappa shape index (κ2) is 8.35. The van der Waals surface area contributed by atoms with Crippen molar-refractivity contribution in [1.82, 2.24) is 19.4 Å². The molecule has 7 heteroatoms. The predicted octanol–water partition coefficient (Wildman–Crippen LogP) is 2.17. The minimum absolute atomic E-state index is 0.202. The Morgan fingerprint density at radius 3 is 2.63 bits per heavy atom. The summed E-state index contributed by atoms with van der Waals surface area (Å²) in [7, 11) is 1.58. The summed E-state index contributed by atoms with van der Waals surface area (Å²) in [6.07, 6.45) is 6.03. The summed E-state index contributed by atoms with van der Waals surface area (Å²) >= 11 is 0. The van der Waals surface area contributed by atoms with E-state index in [1.54, 1.807) is 43.8 Å². The maximum Gasteiger partial charge on any atom is 0.255 e. The molecule has 3 aromatic rings. The van der Waals surface area contributed by atoms with Gasteiger partial charge < -0.3 is 14.6 Å². The molecule has 0 radical (unpaired) electrons. The van der Waals surface area contributed by atoms with Crippen molar-refractivity contribution in [3.8, 4) is 11.4 Å². The van der Waals surface area contributed by atoms with Gasteiger partial charge in [0.1, 0.15) is 11.6 Å². The number of nitrogens with zero attached hydrogens (tertiary/aromatic N) is 3. The highest BCUT2D eigenvalue weighted by molar-refractivity contribution is 5.93. The molecular formula is C20H22N4O3. The van der Waals surface area contributed by atoms with Gasteiger partial charge in [-0.2, -0.15) is 0 Å². The average molecular weight is 366 g/mol. The third-order valence-corrected chi connectivity index (χ3v) is 4.31. The minimum Gasteiger partial charge on any atom is -0.497 e. The number of benzene rings is 1. The average Bonchev–Trinajstić information content (AvgIpc) is 3.10. The van der Waals surface area contributed by atoms with Gasteiger partial charge in [-0.15, -0.1) is 0 Å². The summed E-state index contributed by atoms with van der Waals surface area (Å²) in [5, 5.41) is 2.89. The van der Waals surface area contributed by atoms with Crippen LogP contribution in [0.15, 0.2) is 59.8 Å². The van der Waals surface area contributed by atoms with Gasteiger partial charge in [-0.05, 0) is 43.7 Å². The number of nitrogens with one attached hydrogen (secondary N) is 1. The Labute approximate surface area is 157 Å². The fraction of sp³-hybridized carbons (Fsp3) is 0.250. The lowest BCUT2D eigenvalue weighted by atomic mass is 10.2. The predicted molar refractivity (Wildman–Crippen MR) is 103 cm³/mol. The molecule has 2 heterocycles. The molecule has 0 aliphatic rings. The van der Waals surface area contributed by atoms with Crippen LogP contribution in [0.5, 0.6) is 5.75 Å². The van der Waals surface area contributed by atoms with E-state index in [0.717, 1.165) is 18.8 Å². The third-order valence-electron chi connectivity index (χ3n) is 4.31. The number of hydrogen-bond donors (Lipinski definition) is 1. The molecule has 140 valence electrons. The molecule has 2 aromatic heterocycles. The van der Waals surface area contributed by atoms with E-state index in [-0.39, 0.29) is 11.5 Å². The topological polar surface area (TPSA) is 78.2 Å². The number of aryl methyl sites for hydroxylation is 2. The highest BCUT2D eigenvalue weighted by atomic mass is 16.5. The number of hydrogen-bond acceptors (Lipinski definition) is 4. The molecule has 1 aromatic carbocycles. The van der Waals surface area contributed by atoms with E-state index in [4.69, 9.17) is 4.74 Å². The molecule has 1 N–H and O–H groups in total. The second-order valence-corrected chi connectivity index (χ2v) is 6.10. The maximum atomic E-state index is 12.4. The Morgan fingerprint density at radius 2 is 1.96 bits per heavy atom. The van der Waals surface area contributed by atoms with E-state index in [1.807, 2.05) is 17.7 Å². The largest absolute Gasteiger partial charge is 0.497 e. The van der Waals surface area contributed by atoms with E-state index < -0.39 is 0 Å².